The Morgan fingerprint density at radius 2 is 1.86 bits per heavy atom. The van der Waals surface area contributed by atoms with Gasteiger partial charge < -0.3 is 9.30 Å². The molecule has 2 aromatic heterocycles. The van der Waals surface area contributed by atoms with Gasteiger partial charge in [0.25, 0.3) is 5.56 Å². The first-order chi connectivity index (χ1) is 14.1. The number of halogens is 1. The largest absolute Gasteiger partial charge is 0.492 e. The van der Waals surface area contributed by atoms with E-state index >= 15 is 0 Å². The minimum Gasteiger partial charge on any atom is -0.492 e. The Balaban J connectivity index is 1.76. The van der Waals surface area contributed by atoms with Crippen molar-refractivity contribution >= 4 is 22.4 Å². The highest BCUT2D eigenvalue weighted by atomic mass is 35.5. The maximum atomic E-state index is 12.9. The molecule has 0 bridgehead atoms. The van der Waals surface area contributed by atoms with Crippen molar-refractivity contribution < 1.29 is 4.74 Å². The average molecular weight is 404 g/mol. The molecule has 29 heavy (non-hydrogen) atoms. The van der Waals surface area contributed by atoms with Crippen molar-refractivity contribution in [2.24, 2.45) is 7.05 Å². The lowest BCUT2D eigenvalue weighted by atomic mass is 9.95. The summed E-state index contributed by atoms with van der Waals surface area (Å²) < 4.78 is 7.44. The second kappa shape index (κ2) is 7.01. The summed E-state index contributed by atoms with van der Waals surface area (Å²) >= 11 is 6.75. The van der Waals surface area contributed by atoms with Crippen molar-refractivity contribution in [3.63, 3.8) is 0 Å². The van der Waals surface area contributed by atoms with Gasteiger partial charge in [-0.1, -0.05) is 35.9 Å². The van der Waals surface area contributed by atoms with E-state index in [9.17, 15) is 4.79 Å². The fourth-order valence-electron chi connectivity index (χ4n) is 3.90. The molecular formula is C23H18ClN3O2. The standard InChI is InChI=1S/C23H18ClN3O2/c1-27-12-20(18-7-4-14-3-2-8-29-22(14)21(18)24)17-6-5-15(9-19(17)23(27)28)16-10-25-13-26-11-16/h4-7,9-13H,2-3,8H2,1H3. The van der Waals surface area contributed by atoms with Crippen LogP contribution < -0.4 is 10.3 Å². The highest BCUT2D eigenvalue weighted by molar-refractivity contribution is 6.35. The van der Waals surface area contributed by atoms with Crippen LogP contribution in [0, 0.1) is 0 Å². The molecule has 4 aromatic rings. The summed E-state index contributed by atoms with van der Waals surface area (Å²) in [5.41, 5.74) is 4.59. The predicted octanol–water partition coefficient (Wildman–Crippen LogP) is 4.64. The molecule has 3 heterocycles. The molecule has 1 aliphatic rings. The molecule has 5 nitrogen and oxygen atoms in total. The number of aromatic nitrogens is 3. The van der Waals surface area contributed by atoms with Gasteiger partial charge in [0.1, 0.15) is 12.1 Å². The van der Waals surface area contributed by atoms with Gasteiger partial charge in [-0.05, 0) is 35.4 Å². The molecule has 0 radical (unpaired) electrons. The first-order valence-electron chi connectivity index (χ1n) is 9.47. The topological polar surface area (TPSA) is 57.0 Å². The van der Waals surface area contributed by atoms with Gasteiger partial charge in [-0.3, -0.25) is 4.79 Å². The Morgan fingerprint density at radius 3 is 2.69 bits per heavy atom. The number of hydrogen-bond acceptors (Lipinski definition) is 4. The second-order valence-corrected chi connectivity index (χ2v) is 7.59. The van der Waals surface area contributed by atoms with Crippen LogP contribution in [0.4, 0.5) is 0 Å². The zero-order valence-electron chi connectivity index (χ0n) is 15.9. The van der Waals surface area contributed by atoms with Crippen molar-refractivity contribution in [1.29, 1.82) is 0 Å². The van der Waals surface area contributed by atoms with Crippen LogP contribution in [-0.4, -0.2) is 21.1 Å². The smallest absolute Gasteiger partial charge is 0.258 e. The monoisotopic (exact) mass is 403 g/mol. The second-order valence-electron chi connectivity index (χ2n) is 7.21. The van der Waals surface area contributed by atoms with Crippen molar-refractivity contribution in [3.8, 4) is 28.0 Å². The maximum Gasteiger partial charge on any atom is 0.258 e. The van der Waals surface area contributed by atoms with Crippen LogP contribution >= 0.6 is 11.6 Å². The van der Waals surface area contributed by atoms with Crippen molar-refractivity contribution in [2.45, 2.75) is 12.8 Å². The molecule has 0 fully saturated rings. The molecule has 144 valence electrons. The van der Waals surface area contributed by atoms with E-state index in [0.717, 1.165) is 51.8 Å². The maximum absolute atomic E-state index is 12.9. The van der Waals surface area contributed by atoms with E-state index in [1.165, 1.54) is 6.33 Å². The lowest BCUT2D eigenvalue weighted by molar-refractivity contribution is 0.288. The zero-order chi connectivity index (χ0) is 20.0. The molecule has 0 aliphatic carbocycles. The minimum absolute atomic E-state index is 0.0622. The Bertz CT molecular complexity index is 1300. The molecule has 5 rings (SSSR count). The summed E-state index contributed by atoms with van der Waals surface area (Å²) in [6, 6.07) is 9.93. The quantitative estimate of drug-likeness (QED) is 0.489. The lowest BCUT2D eigenvalue weighted by Gasteiger charge is -2.21. The van der Waals surface area contributed by atoms with Gasteiger partial charge in [-0.25, -0.2) is 9.97 Å². The van der Waals surface area contributed by atoms with E-state index in [4.69, 9.17) is 16.3 Å². The molecular weight excluding hydrogens is 386 g/mol. The number of hydrogen-bond donors (Lipinski definition) is 0. The third kappa shape index (κ3) is 2.98. The Kier molecular flexibility index (Phi) is 4.32. The molecule has 0 atom stereocenters. The molecule has 0 saturated heterocycles. The van der Waals surface area contributed by atoms with E-state index in [1.807, 2.05) is 30.5 Å². The van der Waals surface area contributed by atoms with Crippen LogP contribution in [0.1, 0.15) is 12.0 Å². The minimum atomic E-state index is -0.0622. The normalized spacial score (nSPS) is 13.2. The third-order valence-electron chi connectivity index (χ3n) is 5.38. The molecule has 0 N–H and O–H groups in total. The number of rotatable bonds is 2. The number of nitrogens with zero attached hydrogens (tertiary/aromatic N) is 3. The molecule has 1 aliphatic heterocycles. The van der Waals surface area contributed by atoms with Gasteiger partial charge in [0.2, 0.25) is 0 Å². The highest BCUT2D eigenvalue weighted by Gasteiger charge is 2.20. The summed E-state index contributed by atoms with van der Waals surface area (Å²) in [6.45, 7) is 0.673. The first-order valence-corrected chi connectivity index (χ1v) is 9.84. The van der Waals surface area contributed by atoms with Gasteiger partial charge in [-0.2, -0.15) is 0 Å². The van der Waals surface area contributed by atoms with Gasteiger partial charge in [0.15, 0.2) is 0 Å². The van der Waals surface area contributed by atoms with E-state index in [1.54, 1.807) is 24.0 Å². The number of ether oxygens (including phenoxy) is 1. The third-order valence-corrected chi connectivity index (χ3v) is 5.76. The fraction of sp³-hybridized carbons (Fsp3) is 0.174. The van der Waals surface area contributed by atoms with Crippen LogP contribution in [0.5, 0.6) is 5.75 Å². The Morgan fingerprint density at radius 1 is 1.03 bits per heavy atom. The average Bonchev–Trinajstić information content (AvgIpc) is 2.77. The fourth-order valence-corrected chi connectivity index (χ4v) is 4.24. The zero-order valence-corrected chi connectivity index (χ0v) is 16.6. The summed E-state index contributed by atoms with van der Waals surface area (Å²) in [6.07, 6.45) is 8.76. The van der Waals surface area contributed by atoms with E-state index in [2.05, 4.69) is 16.0 Å². The Labute approximate surface area is 172 Å². The van der Waals surface area contributed by atoms with Gasteiger partial charge in [0.05, 0.1) is 11.6 Å². The molecule has 0 amide bonds. The Hall–Kier alpha value is -3.18. The SMILES string of the molecule is Cn1cc(-c2ccc3c(c2Cl)OCCC3)c2ccc(-c3cncnc3)cc2c1=O. The van der Waals surface area contributed by atoms with Crippen LogP contribution in [0.15, 0.2) is 60.0 Å². The molecule has 0 spiro atoms. The summed E-state index contributed by atoms with van der Waals surface area (Å²) in [5, 5.41) is 2.08. The van der Waals surface area contributed by atoms with Crippen molar-refractivity contribution in [3.05, 3.63) is 76.2 Å². The van der Waals surface area contributed by atoms with Crippen LogP contribution in [0.3, 0.4) is 0 Å². The van der Waals surface area contributed by atoms with E-state index in [0.29, 0.717) is 17.0 Å². The van der Waals surface area contributed by atoms with Crippen LogP contribution in [0.2, 0.25) is 5.02 Å². The summed E-state index contributed by atoms with van der Waals surface area (Å²) in [4.78, 5) is 21.0. The molecule has 2 aromatic carbocycles. The highest BCUT2D eigenvalue weighted by Crippen LogP contribution is 2.42. The number of benzene rings is 2. The van der Waals surface area contributed by atoms with Gasteiger partial charge >= 0.3 is 0 Å². The number of fused-ring (bicyclic) bond motifs is 2. The number of pyridine rings is 1. The van der Waals surface area contributed by atoms with Gasteiger partial charge in [0, 0.05) is 47.7 Å². The van der Waals surface area contributed by atoms with Crippen molar-refractivity contribution in [1.82, 2.24) is 14.5 Å². The van der Waals surface area contributed by atoms with E-state index in [-0.39, 0.29) is 5.56 Å². The summed E-state index contributed by atoms with van der Waals surface area (Å²) in [7, 11) is 1.76. The molecule has 6 heteroatoms. The van der Waals surface area contributed by atoms with Crippen LogP contribution in [0.25, 0.3) is 33.0 Å². The molecule has 0 unspecified atom stereocenters. The van der Waals surface area contributed by atoms with Gasteiger partial charge in [-0.15, -0.1) is 0 Å². The lowest BCUT2D eigenvalue weighted by Crippen LogP contribution is -2.17. The molecule has 0 saturated carbocycles. The number of aryl methyl sites for hydroxylation is 2. The first kappa shape index (κ1) is 17.9. The summed E-state index contributed by atoms with van der Waals surface area (Å²) in [5.74, 6) is 0.760. The predicted molar refractivity (Wildman–Crippen MR) is 114 cm³/mol. The van der Waals surface area contributed by atoms with Crippen LogP contribution in [-0.2, 0) is 13.5 Å². The van der Waals surface area contributed by atoms with E-state index < -0.39 is 0 Å². The van der Waals surface area contributed by atoms with Crippen molar-refractivity contribution in [2.75, 3.05) is 6.61 Å².